The zero-order valence-electron chi connectivity index (χ0n) is 8.01. The first-order valence-electron chi connectivity index (χ1n) is 4.33. The van der Waals surface area contributed by atoms with E-state index >= 15 is 0 Å². The Morgan fingerprint density at radius 1 is 1.35 bits per heavy atom. The summed E-state index contributed by atoms with van der Waals surface area (Å²) >= 11 is 6.08. The minimum absolute atomic E-state index is 0.146. The van der Waals surface area contributed by atoms with Gasteiger partial charge in [0.25, 0.3) is 0 Å². The Morgan fingerprint density at radius 2 is 2.00 bits per heavy atom. The second kappa shape index (κ2) is 3.89. The maximum atomic E-state index is 12.8. The molecule has 90 valence electrons. The van der Waals surface area contributed by atoms with Gasteiger partial charge in [-0.15, -0.1) is 11.3 Å². The summed E-state index contributed by atoms with van der Waals surface area (Å²) in [4.78, 5) is 10.6. The number of alkyl halides is 3. The molecule has 0 saturated carbocycles. The van der Waals surface area contributed by atoms with E-state index in [9.17, 15) is 18.0 Å². The molecule has 1 aromatic carbocycles. The maximum Gasteiger partial charge on any atom is 0.419 e. The monoisotopic (exact) mass is 280 g/mol. The van der Waals surface area contributed by atoms with Crippen LogP contribution in [0.1, 0.15) is 15.2 Å². The van der Waals surface area contributed by atoms with Crippen molar-refractivity contribution in [1.29, 1.82) is 0 Å². The fraction of sp³-hybridized carbons (Fsp3) is 0.100. The number of fused-ring (bicyclic) bond motifs is 1. The van der Waals surface area contributed by atoms with Gasteiger partial charge in [-0.1, -0.05) is 17.7 Å². The molecule has 2 nitrogen and oxygen atoms in total. The van der Waals surface area contributed by atoms with Gasteiger partial charge in [-0.25, -0.2) is 4.79 Å². The van der Waals surface area contributed by atoms with Crippen LogP contribution in [0, 0.1) is 0 Å². The van der Waals surface area contributed by atoms with Crippen LogP contribution in [-0.2, 0) is 6.18 Å². The summed E-state index contributed by atoms with van der Waals surface area (Å²) in [6.07, 6.45) is -4.60. The van der Waals surface area contributed by atoms with Gasteiger partial charge in [-0.3, -0.25) is 0 Å². The molecule has 2 aromatic rings. The van der Waals surface area contributed by atoms with Crippen molar-refractivity contribution in [2.75, 3.05) is 0 Å². The van der Waals surface area contributed by atoms with Crippen molar-refractivity contribution in [3.8, 4) is 0 Å². The van der Waals surface area contributed by atoms with Gasteiger partial charge in [0.1, 0.15) is 4.88 Å². The summed E-state index contributed by atoms with van der Waals surface area (Å²) in [6.45, 7) is 0. The first-order valence-corrected chi connectivity index (χ1v) is 5.52. The lowest BCUT2D eigenvalue weighted by Gasteiger charge is -2.09. The van der Waals surface area contributed by atoms with Crippen LogP contribution in [-0.4, -0.2) is 11.1 Å². The molecule has 7 heteroatoms. The Balaban J connectivity index is 2.81. The van der Waals surface area contributed by atoms with Crippen LogP contribution >= 0.6 is 22.9 Å². The lowest BCUT2D eigenvalue weighted by molar-refractivity contribution is -0.136. The number of hydrogen-bond donors (Lipinski definition) is 1. The Labute approximate surface area is 102 Å². The number of carboxylic acid groups (broad SMARTS) is 1. The molecule has 0 saturated heterocycles. The highest BCUT2D eigenvalue weighted by atomic mass is 35.5. The van der Waals surface area contributed by atoms with Crippen LogP contribution in [0.15, 0.2) is 18.2 Å². The Hall–Kier alpha value is -1.27. The van der Waals surface area contributed by atoms with Crippen molar-refractivity contribution in [3.05, 3.63) is 33.7 Å². The molecule has 0 spiro atoms. The first-order chi connectivity index (χ1) is 7.80. The summed E-state index contributed by atoms with van der Waals surface area (Å²) < 4.78 is 38.1. The number of carboxylic acids is 1. The second-order valence-corrected chi connectivity index (χ2v) is 4.71. The van der Waals surface area contributed by atoms with E-state index in [4.69, 9.17) is 16.7 Å². The van der Waals surface area contributed by atoms with Crippen LogP contribution < -0.4 is 0 Å². The molecule has 0 fully saturated rings. The SMILES string of the molecule is O=C(O)c1cc2ccc(Cl)c(C(F)(F)F)c2s1. The van der Waals surface area contributed by atoms with Gasteiger partial charge in [0, 0.05) is 4.70 Å². The smallest absolute Gasteiger partial charge is 0.419 e. The molecule has 1 N–H and O–H groups in total. The fourth-order valence-corrected chi connectivity index (χ4v) is 2.83. The van der Waals surface area contributed by atoms with Crippen LogP contribution in [0.4, 0.5) is 13.2 Å². The summed E-state index contributed by atoms with van der Waals surface area (Å²) in [7, 11) is 0. The summed E-state index contributed by atoms with van der Waals surface area (Å²) in [5, 5.41) is 8.54. The van der Waals surface area contributed by atoms with Crippen molar-refractivity contribution in [3.63, 3.8) is 0 Å². The first kappa shape index (κ1) is 12.2. The number of halogens is 4. The van der Waals surface area contributed by atoms with E-state index in [0.717, 1.165) is 6.07 Å². The molecule has 0 atom stereocenters. The molecule has 0 aliphatic carbocycles. The molecule has 1 heterocycles. The van der Waals surface area contributed by atoms with Crippen molar-refractivity contribution >= 4 is 39.0 Å². The van der Waals surface area contributed by atoms with Gasteiger partial charge < -0.3 is 5.11 Å². The van der Waals surface area contributed by atoms with E-state index in [1.165, 1.54) is 12.1 Å². The average molecular weight is 281 g/mol. The topological polar surface area (TPSA) is 37.3 Å². The molecule has 0 aliphatic rings. The number of benzene rings is 1. The third-order valence-electron chi connectivity index (χ3n) is 2.13. The zero-order valence-corrected chi connectivity index (χ0v) is 9.58. The summed E-state index contributed by atoms with van der Waals surface area (Å²) in [6, 6.07) is 3.69. The number of rotatable bonds is 1. The predicted octanol–water partition coefficient (Wildman–Crippen LogP) is 4.27. The largest absolute Gasteiger partial charge is 0.477 e. The minimum atomic E-state index is -4.60. The van der Waals surface area contributed by atoms with Crippen LogP contribution in [0.25, 0.3) is 10.1 Å². The molecular formula is C10H4ClF3O2S. The highest BCUT2D eigenvalue weighted by Gasteiger charge is 2.36. The van der Waals surface area contributed by atoms with Gasteiger partial charge in [0.2, 0.25) is 0 Å². The third kappa shape index (κ3) is 2.10. The fourth-order valence-electron chi connectivity index (χ4n) is 1.45. The quantitative estimate of drug-likeness (QED) is 0.847. The highest BCUT2D eigenvalue weighted by Crippen LogP contribution is 2.42. The van der Waals surface area contributed by atoms with Gasteiger partial charge in [-0.2, -0.15) is 13.2 Å². The molecule has 0 amide bonds. The number of thiophene rings is 1. The van der Waals surface area contributed by atoms with Gasteiger partial charge in [0.05, 0.1) is 10.6 Å². The van der Waals surface area contributed by atoms with Crippen molar-refractivity contribution in [2.45, 2.75) is 6.18 Å². The molecule has 0 unspecified atom stereocenters. The van der Waals surface area contributed by atoms with E-state index < -0.39 is 22.7 Å². The van der Waals surface area contributed by atoms with E-state index in [2.05, 4.69) is 0 Å². The Morgan fingerprint density at radius 3 is 2.53 bits per heavy atom. The normalized spacial score (nSPS) is 12.0. The van der Waals surface area contributed by atoms with E-state index in [-0.39, 0.29) is 15.0 Å². The predicted molar refractivity (Wildman–Crippen MR) is 58.8 cm³/mol. The van der Waals surface area contributed by atoms with E-state index in [1.54, 1.807) is 0 Å². The number of aromatic carboxylic acids is 1. The average Bonchev–Trinajstić information content (AvgIpc) is 2.58. The second-order valence-electron chi connectivity index (χ2n) is 3.25. The van der Waals surface area contributed by atoms with E-state index in [1.807, 2.05) is 0 Å². The highest BCUT2D eigenvalue weighted by molar-refractivity contribution is 7.21. The standard InChI is InChI=1S/C10H4ClF3O2S/c11-5-2-1-4-3-6(9(15)16)17-8(4)7(5)10(12,13)14/h1-3H,(H,15,16). The zero-order chi connectivity index (χ0) is 12.8. The molecular weight excluding hydrogens is 277 g/mol. The summed E-state index contributed by atoms with van der Waals surface area (Å²) in [5.41, 5.74) is -0.978. The lowest BCUT2D eigenvalue weighted by atomic mass is 10.1. The molecule has 2 rings (SSSR count). The molecule has 0 radical (unpaired) electrons. The van der Waals surface area contributed by atoms with Crippen LogP contribution in [0.2, 0.25) is 5.02 Å². The third-order valence-corrected chi connectivity index (χ3v) is 3.60. The Bertz CT molecular complexity index is 603. The van der Waals surface area contributed by atoms with Crippen molar-refractivity contribution in [1.82, 2.24) is 0 Å². The van der Waals surface area contributed by atoms with Gasteiger partial charge in [-0.05, 0) is 17.5 Å². The lowest BCUT2D eigenvalue weighted by Crippen LogP contribution is -2.05. The number of carbonyl (C=O) groups is 1. The number of hydrogen-bond acceptors (Lipinski definition) is 2. The van der Waals surface area contributed by atoms with E-state index in [0.29, 0.717) is 11.3 Å². The van der Waals surface area contributed by atoms with Gasteiger partial charge >= 0.3 is 12.1 Å². The van der Waals surface area contributed by atoms with Crippen LogP contribution in [0.3, 0.4) is 0 Å². The van der Waals surface area contributed by atoms with Gasteiger partial charge in [0.15, 0.2) is 0 Å². The molecule has 17 heavy (non-hydrogen) atoms. The summed E-state index contributed by atoms with van der Waals surface area (Å²) in [5.74, 6) is -1.25. The van der Waals surface area contributed by atoms with Crippen molar-refractivity contribution < 1.29 is 23.1 Å². The van der Waals surface area contributed by atoms with Crippen molar-refractivity contribution in [2.24, 2.45) is 0 Å². The minimum Gasteiger partial charge on any atom is -0.477 e. The molecule has 1 aromatic heterocycles. The van der Waals surface area contributed by atoms with Crippen LogP contribution in [0.5, 0.6) is 0 Å². The molecule has 0 bridgehead atoms. The Kier molecular flexibility index (Phi) is 2.79. The maximum absolute atomic E-state index is 12.8. The molecule has 0 aliphatic heterocycles.